The second-order valence-electron chi connectivity index (χ2n) is 12.0. The molecule has 3 aromatic carbocycles. The average molecular weight is 694 g/mol. The number of nitrogens with zero attached hydrogens (tertiary/aromatic N) is 5. The van der Waals surface area contributed by atoms with Gasteiger partial charge in [0, 0.05) is 47.1 Å². The summed E-state index contributed by atoms with van der Waals surface area (Å²) in [4.78, 5) is 52.6. The fourth-order valence-electron chi connectivity index (χ4n) is 5.95. The van der Waals surface area contributed by atoms with Gasteiger partial charge in [-0.1, -0.05) is 40.2 Å². The number of ether oxygens (including phenoxy) is 1. The molecular weight excluding hydrogens is 660 g/mol. The molecule has 0 bridgehead atoms. The molecule has 0 radical (unpaired) electrons. The van der Waals surface area contributed by atoms with E-state index < -0.39 is 5.91 Å². The number of rotatable bonds is 8. The van der Waals surface area contributed by atoms with Crippen LogP contribution in [-0.2, 0) is 19.6 Å². The van der Waals surface area contributed by atoms with Gasteiger partial charge in [-0.25, -0.2) is 14.8 Å². The van der Waals surface area contributed by atoms with Crippen LogP contribution in [-0.4, -0.2) is 48.0 Å². The Morgan fingerprint density at radius 1 is 1.00 bits per heavy atom. The number of halogens is 1. The van der Waals surface area contributed by atoms with Crippen molar-refractivity contribution in [3.63, 3.8) is 0 Å². The van der Waals surface area contributed by atoms with Crippen molar-refractivity contribution < 1.29 is 14.3 Å². The standard InChI is InChI=1S/C36H33BrN6O4/c1-22-18-24(8-15-30(22)37)35(45)41-21-31-32(34(44)40-19-25-6-3-4-7-29(25)33-38-16-5-17-39-33)43(36(46)42(31)20-23(41)2)26-9-11-27(12-10-26)47-28-13-14-28/h3-12,15-18,23,28H,13-14,19-21H2,1-2H3,(H,40,44)/t23-/m0/s1. The van der Waals surface area contributed by atoms with E-state index in [1.807, 2.05) is 62.4 Å². The highest BCUT2D eigenvalue weighted by Gasteiger charge is 2.35. The van der Waals surface area contributed by atoms with Gasteiger partial charge in [0.2, 0.25) is 0 Å². The van der Waals surface area contributed by atoms with E-state index >= 15 is 0 Å². The van der Waals surface area contributed by atoms with Crippen LogP contribution >= 0.6 is 15.9 Å². The number of fused-ring (bicyclic) bond motifs is 1. The Bertz CT molecular complexity index is 2040. The number of carbonyl (C=O) groups excluding carboxylic acids is 2. The quantitative estimate of drug-likeness (QED) is 0.224. The van der Waals surface area contributed by atoms with Gasteiger partial charge in [-0.05, 0) is 86.3 Å². The van der Waals surface area contributed by atoms with Gasteiger partial charge in [0.1, 0.15) is 11.4 Å². The molecular formula is C36H33BrN6O4. The van der Waals surface area contributed by atoms with Crippen LogP contribution in [0, 0.1) is 6.92 Å². The van der Waals surface area contributed by atoms with Gasteiger partial charge in [-0.15, -0.1) is 0 Å². The lowest BCUT2D eigenvalue weighted by Gasteiger charge is -2.34. The van der Waals surface area contributed by atoms with Crippen LogP contribution in [0.25, 0.3) is 17.1 Å². The van der Waals surface area contributed by atoms with E-state index in [4.69, 9.17) is 4.74 Å². The molecule has 1 atom stereocenters. The van der Waals surface area contributed by atoms with Gasteiger partial charge in [0.25, 0.3) is 11.8 Å². The molecule has 2 aromatic heterocycles. The topological polar surface area (TPSA) is 111 Å². The molecule has 1 aliphatic heterocycles. The largest absolute Gasteiger partial charge is 0.490 e. The highest BCUT2D eigenvalue weighted by atomic mass is 79.9. The highest BCUT2D eigenvalue weighted by molar-refractivity contribution is 9.10. The van der Waals surface area contributed by atoms with Crippen LogP contribution in [0.5, 0.6) is 5.75 Å². The minimum absolute atomic E-state index is 0.0947. The molecule has 0 unspecified atom stereocenters. The van der Waals surface area contributed by atoms with Crippen LogP contribution in [0.15, 0.2) is 94.5 Å². The molecule has 1 aliphatic carbocycles. The van der Waals surface area contributed by atoms with Crippen molar-refractivity contribution >= 4 is 27.7 Å². The van der Waals surface area contributed by atoms with Crippen molar-refractivity contribution in [1.29, 1.82) is 0 Å². The summed E-state index contributed by atoms with van der Waals surface area (Å²) in [7, 11) is 0. The summed E-state index contributed by atoms with van der Waals surface area (Å²) in [6.07, 6.45) is 5.65. The van der Waals surface area contributed by atoms with E-state index in [0.717, 1.165) is 34.0 Å². The summed E-state index contributed by atoms with van der Waals surface area (Å²) < 4.78 is 9.91. The van der Waals surface area contributed by atoms with E-state index in [-0.39, 0.29) is 49.1 Å². The van der Waals surface area contributed by atoms with Gasteiger partial charge in [0.15, 0.2) is 5.82 Å². The molecule has 10 nitrogen and oxygen atoms in total. The molecule has 1 N–H and O–H groups in total. The third-order valence-electron chi connectivity index (χ3n) is 8.61. The first-order chi connectivity index (χ1) is 22.8. The lowest BCUT2D eigenvalue weighted by atomic mass is 10.1. The van der Waals surface area contributed by atoms with E-state index in [1.165, 1.54) is 4.57 Å². The zero-order valence-corrected chi connectivity index (χ0v) is 27.6. The second-order valence-corrected chi connectivity index (χ2v) is 12.8. The first-order valence-electron chi connectivity index (χ1n) is 15.6. The summed E-state index contributed by atoms with van der Waals surface area (Å²) in [5, 5.41) is 3.04. The number of benzene rings is 3. The number of aryl methyl sites for hydroxylation is 1. The van der Waals surface area contributed by atoms with Gasteiger partial charge in [-0.2, -0.15) is 0 Å². The summed E-state index contributed by atoms with van der Waals surface area (Å²) >= 11 is 3.51. The number of amides is 2. The molecule has 7 rings (SSSR count). The van der Waals surface area contributed by atoms with Gasteiger partial charge in [-0.3, -0.25) is 18.7 Å². The normalized spacial score (nSPS) is 15.6. The molecule has 3 heterocycles. The van der Waals surface area contributed by atoms with Crippen LogP contribution < -0.4 is 15.7 Å². The Morgan fingerprint density at radius 3 is 2.47 bits per heavy atom. The SMILES string of the molecule is Cc1cc(C(=O)N2Cc3c(C(=O)NCc4ccccc4-c4ncccn4)n(-c4ccc(OC5CC5)cc4)c(=O)n3C[C@@H]2C)ccc1Br. The van der Waals surface area contributed by atoms with Crippen LogP contribution in [0.2, 0.25) is 0 Å². The maximum atomic E-state index is 14.2. The lowest BCUT2D eigenvalue weighted by molar-refractivity contribution is 0.0610. The first-order valence-corrected chi connectivity index (χ1v) is 16.4. The fourth-order valence-corrected chi connectivity index (χ4v) is 6.19. The second kappa shape index (κ2) is 12.6. The zero-order chi connectivity index (χ0) is 32.7. The Kier molecular flexibility index (Phi) is 8.23. The minimum atomic E-state index is -0.431. The van der Waals surface area contributed by atoms with Crippen LogP contribution in [0.3, 0.4) is 0 Å². The number of aromatic nitrogens is 4. The smallest absolute Gasteiger partial charge is 0.333 e. The molecule has 0 spiro atoms. The summed E-state index contributed by atoms with van der Waals surface area (Å²) in [5.74, 6) is 0.674. The van der Waals surface area contributed by atoms with Gasteiger partial charge in [0.05, 0.1) is 24.0 Å². The monoisotopic (exact) mass is 692 g/mol. The Morgan fingerprint density at radius 2 is 1.74 bits per heavy atom. The number of hydrogen-bond donors (Lipinski definition) is 1. The molecule has 2 aliphatic rings. The molecule has 238 valence electrons. The molecule has 47 heavy (non-hydrogen) atoms. The van der Waals surface area contributed by atoms with E-state index in [9.17, 15) is 14.4 Å². The maximum absolute atomic E-state index is 14.2. The average Bonchev–Trinajstić information content (AvgIpc) is 3.87. The number of nitrogens with one attached hydrogen (secondary N) is 1. The molecule has 5 aromatic rings. The number of hydrogen-bond acceptors (Lipinski definition) is 6. The van der Waals surface area contributed by atoms with E-state index in [1.54, 1.807) is 46.1 Å². The lowest BCUT2D eigenvalue weighted by Crippen LogP contribution is -2.47. The van der Waals surface area contributed by atoms with Crippen molar-refractivity contribution in [2.24, 2.45) is 0 Å². The summed E-state index contributed by atoms with van der Waals surface area (Å²) in [6, 6.07) is 21.8. The minimum Gasteiger partial charge on any atom is -0.490 e. The van der Waals surface area contributed by atoms with E-state index in [0.29, 0.717) is 28.5 Å². The maximum Gasteiger partial charge on any atom is 0.333 e. The van der Waals surface area contributed by atoms with Crippen molar-refractivity contribution in [2.75, 3.05) is 0 Å². The molecule has 11 heteroatoms. The highest BCUT2D eigenvalue weighted by Crippen LogP contribution is 2.29. The fraction of sp³-hybridized carbons (Fsp3) is 0.250. The van der Waals surface area contributed by atoms with Crippen molar-refractivity contribution in [3.05, 3.63) is 128 Å². The van der Waals surface area contributed by atoms with Crippen LogP contribution in [0.4, 0.5) is 0 Å². The van der Waals surface area contributed by atoms with Gasteiger partial charge < -0.3 is 15.0 Å². The third-order valence-corrected chi connectivity index (χ3v) is 9.50. The number of imidazole rings is 1. The predicted octanol–water partition coefficient (Wildman–Crippen LogP) is 5.68. The molecule has 1 saturated carbocycles. The van der Waals surface area contributed by atoms with Gasteiger partial charge >= 0.3 is 5.69 Å². The molecule has 0 saturated heterocycles. The predicted molar refractivity (Wildman–Crippen MR) is 181 cm³/mol. The first kappa shape index (κ1) is 30.6. The Labute approximate surface area is 280 Å². The van der Waals surface area contributed by atoms with Crippen molar-refractivity contribution in [2.45, 2.75) is 58.5 Å². The summed E-state index contributed by atoms with van der Waals surface area (Å²) in [5.41, 5.74) is 3.98. The van der Waals surface area contributed by atoms with Crippen LogP contribution in [0.1, 0.15) is 57.4 Å². The van der Waals surface area contributed by atoms with E-state index in [2.05, 4.69) is 31.2 Å². The third kappa shape index (κ3) is 6.10. The van der Waals surface area contributed by atoms with Crippen molar-refractivity contribution in [3.8, 4) is 22.8 Å². The summed E-state index contributed by atoms with van der Waals surface area (Å²) in [6.45, 7) is 4.38. The zero-order valence-electron chi connectivity index (χ0n) is 26.0. The van der Waals surface area contributed by atoms with Crippen molar-refractivity contribution in [1.82, 2.24) is 29.3 Å². The molecule has 2 amide bonds. The molecule has 1 fully saturated rings. The Balaban J connectivity index is 1.26. The Hall–Kier alpha value is -5.03. The number of carbonyl (C=O) groups is 2.